The smallest absolute Gasteiger partial charge is 0.246 e. The summed E-state index contributed by atoms with van der Waals surface area (Å²) in [5.74, 6) is -0.0877. The van der Waals surface area contributed by atoms with Gasteiger partial charge in [-0.05, 0) is 54.1 Å². The number of amides is 1. The van der Waals surface area contributed by atoms with Gasteiger partial charge in [0, 0.05) is 16.4 Å². The summed E-state index contributed by atoms with van der Waals surface area (Å²) in [5, 5.41) is 9.02. The Bertz CT molecular complexity index is 830. The zero-order chi connectivity index (χ0) is 16.2. The highest BCUT2D eigenvalue weighted by Crippen LogP contribution is 2.19. The molecule has 3 nitrogen and oxygen atoms in total. The first-order chi connectivity index (χ1) is 11.1. The molecule has 0 bridgehead atoms. The van der Waals surface area contributed by atoms with E-state index in [0.29, 0.717) is 5.02 Å². The van der Waals surface area contributed by atoms with E-state index in [9.17, 15) is 4.79 Å². The predicted octanol–water partition coefficient (Wildman–Crippen LogP) is 4.93. The highest BCUT2D eigenvalue weighted by molar-refractivity contribution is 6.30. The largest absolute Gasteiger partial charge is 0.374 e. The van der Waals surface area contributed by atoms with Crippen LogP contribution in [0.25, 0.3) is 10.8 Å². The number of hydrogen-bond donors (Lipinski definition) is 2. The molecular weight excluding hydrogens is 308 g/mol. The molecule has 0 aliphatic heterocycles. The van der Waals surface area contributed by atoms with E-state index in [1.165, 1.54) is 0 Å². The van der Waals surface area contributed by atoms with Gasteiger partial charge in [0.1, 0.15) is 6.04 Å². The summed E-state index contributed by atoms with van der Waals surface area (Å²) in [7, 11) is 0. The second-order valence-corrected chi connectivity index (χ2v) is 5.86. The molecule has 0 aliphatic rings. The number of rotatable bonds is 4. The summed E-state index contributed by atoms with van der Waals surface area (Å²) >= 11 is 5.86. The lowest BCUT2D eigenvalue weighted by atomic mass is 10.1. The van der Waals surface area contributed by atoms with E-state index in [2.05, 4.69) is 10.6 Å². The van der Waals surface area contributed by atoms with Crippen LogP contribution in [0.5, 0.6) is 0 Å². The van der Waals surface area contributed by atoms with E-state index in [1.54, 1.807) is 12.1 Å². The fraction of sp³-hybridized carbons (Fsp3) is 0.105. The van der Waals surface area contributed by atoms with Gasteiger partial charge in [-0.15, -0.1) is 0 Å². The average Bonchev–Trinajstić information content (AvgIpc) is 2.56. The molecule has 23 heavy (non-hydrogen) atoms. The third kappa shape index (κ3) is 3.82. The van der Waals surface area contributed by atoms with Crippen LogP contribution in [-0.4, -0.2) is 11.9 Å². The number of nitrogens with one attached hydrogen (secondary N) is 2. The number of carbonyl (C=O) groups is 1. The monoisotopic (exact) mass is 324 g/mol. The van der Waals surface area contributed by atoms with Gasteiger partial charge < -0.3 is 10.6 Å². The molecular formula is C19H17ClN2O. The summed E-state index contributed by atoms with van der Waals surface area (Å²) in [6.45, 7) is 1.82. The SMILES string of the molecule is C[C@H](Nc1ccc(Cl)cc1)C(=O)Nc1ccc2ccccc2c1. The van der Waals surface area contributed by atoms with E-state index in [4.69, 9.17) is 11.6 Å². The van der Waals surface area contributed by atoms with E-state index in [-0.39, 0.29) is 11.9 Å². The van der Waals surface area contributed by atoms with Crippen molar-refractivity contribution in [1.82, 2.24) is 0 Å². The van der Waals surface area contributed by atoms with Crippen LogP contribution in [0.4, 0.5) is 11.4 Å². The van der Waals surface area contributed by atoms with Crippen LogP contribution in [0.1, 0.15) is 6.92 Å². The Morgan fingerprint density at radius 2 is 1.57 bits per heavy atom. The maximum Gasteiger partial charge on any atom is 0.246 e. The Morgan fingerprint density at radius 3 is 2.30 bits per heavy atom. The number of benzene rings is 3. The molecule has 4 heteroatoms. The van der Waals surface area contributed by atoms with Crippen LogP contribution in [0, 0.1) is 0 Å². The Kier molecular flexibility index (Phi) is 4.49. The molecule has 0 saturated heterocycles. The molecule has 0 unspecified atom stereocenters. The summed E-state index contributed by atoms with van der Waals surface area (Å²) in [5.41, 5.74) is 1.65. The minimum Gasteiger partial charge on any atom is -0.374 e. The molecule has 3 rings (SSSR count). The van der Waals surface area contributed by atoms with Crippen molar-refractivity contribution in [3.63, 3.8) is 0 Å². The first-order valence-electron chi connectivity index (χ1n) is 7.43. The van der Waals surface area contributed by atoms with E-state index in [1.807, 2.05) is 61.5 Å². The minimum absolute atomic E-state index is 0.0877. The van der Waals surface area contributed by atoms with Gasteiger partial charge in [-0.1, -0.05) is 41.9 Å². The third-order valence-electron chi connectivity index (χ3n) is 3.64. The number of halogens is 1. The molecule has 0 radical (unpaired) electrons. The molecule has 0 aliphatic carbocycles. The van der Waals surface area contributed by atoms with Gasteiger partial charge in [0.25, 0.3) is 0 Å². The van der Waals surface area contributed by atoms with E-state index in [0.717, 1.165) is 22.1 Å². The van der Waals surface area contributed by atoms with Gasteiger partial charge in [0.15, 0.2) is 0 Å². The predicted molar refractivity (Wildman–Crippen MR) is 97.1 cm³/mol. The van der Waals surface area contributed by atoms with Crippen molar-refractivity contribution in [2.75, 3.05) is 10.6 Å². The van der Waals surface area contributed by atoms with Crippen molar-refractivity contribution in [2.45, 2.75) is 13.0 Å². The van der Waals surface area contributed by atoms with Crippen molar-refractivity contribution >= 4 is 39.7 Å². The van der Waals surface area contributed by atoms with Crippen molar-refractivity contribution in [3.05, 3.63) is 71.8 Å². The van der Waals surface area contributed by atoms with E-state index < -0.39 is 0 Å². The van der Waals surface area contributed by atoms with Gasteiger partial charge in [0.05, 0.1) is 0 Å². The molecule has 0 saturated carbocycles. The zero-order valence-electron chi connectivity index (χ0n) is 12.7. The Morgan fingerprint density at radius 1 is 0.913 bits per heavy atom. The summed E-state index contributed by atoms with van der Waals surface area (Å²) in [6, 6.07) is 20.9. The van der Waals surface area contributed by atoms with Gasteiger partial charge in [-0.2, -0.15) is 0 Å². The summed E-state index contributed by atoms with van der Waals surface area (Å²) in [6.07, 6.45) is 0. The summed E-state index contributed by atoms with van der Waals surface area (Å²) in [4.78, 5) is 12.3. The molecule has 1 amide bonds. The standard InChI is InChI=1S/C19H17ClN2O/c1-13(21-17-10-7-16(20)8-11-17)19(23)22-18-9-6-14-4-2-3-5-15(14)12-18/h2-13,21H,1H3,(H,22,23)/t13-/m0/s1. The lowest BCUT2D eigenvalue weighted by molar-refractivity contribution is -0.116. The highest BCUT2D eigenvalue weighted by Gasteiger charge is 2.12. The van der Waals surface area contributed by atoms with Crippen LogP contribution in [0.3, 0.4) is 0 Å². The number of hydrogen-bond acceptors (Lipinski definition) is 2. The lowest BCUT2D eigenvalue weighted by Crippen LogP contribution is -2.31. The van der Waals surface area contributed by atoms with Gasteiger partial charge in [-0.25, -0.2) is 0 Å². The maximum atomic E-state index is 12.3. The van der Waals surface area contributed by atoms with Crippen LogP contribution in [-0.2, 0) is 4.79 Å². The van der Waals surface area contributed by atoms with Crippen molar-refractivity contribution in [3.8, 4) is 0 Å². The Hall–Kier alpha value is -2.52. The van der Waals surface area contributed by atoms with Crippen LogP contribution in [0.2, 0.25) is 5.02 Å². The average molecular weight is 325 g/mol. The maximum absolute atomic E-state index is 12.3. The zero-order valence-corrected chi connectivity index (χ0v) is 13.5. The van der Waals surface area contributed by atoms with Crippen LogP contribution in [0.15, 0.2) is 66.7 Å². The van der Waals surface area contributed by atoms with Crippen LogP contribution >= 0.6 is 11.6 Å². The molecule has 2 N–H and O–H groups in total. The number of anilines is 2. The Labute approximate surface area is 140 Å². The molecule has 3 aromatic carbocycles. The molecule has 0 fully saturated rings. The first kappa shape index (κ1) is 15.4. The van der Waals surface area contributed by atoms with Crippen molar-refractivity contribution in [2.24, 2.45) is 0 Å². The molecule has 0 aromatic heterocycles. The molecule has 1 atom stereocenters. The second-order valence-electron chi connectivity index (χ2n) is 5.42. The quantitative estimate of drug-likeness (QED) is 0.714. The minimum atomic E-state index is -0.359. The topological polar surface area (TPSA) is 41.1 Å². The number of fused-ring (bicyclic) bond motifs is 1. The fourth-order valence-corrected chi connectivity index (χ4v) is 2.51. The lowest BCUT2D eigenvalue weighted by Gasteiger charge is -2.15. The molecule has 0 spiro atoms. The summed E-state index contributed by atoms with van der Waals surface area (Å²) < 4.78 is 0. The van der Waals surface area contributed by atoms with Gasteiger partial charge in [0.2, 0.25) is 5.91 Å². The van der Waals surface area contributed by atoms with Crippen LogP contribution < -0.4 is 10.6 Å². The molecule has 0 heterocycles. The van der Waals surface area contributed by atoms with Gasteiger partial charge >= 0.3 is 0 Å². The highest BCUT2D eigenvalue weighted by atomic mass is 35.5. The number of carbonyl (C=O) groups excluding carboxylic acids is 1. The Balaban J connectivity index is 1.68. The van der Waals surface area contributed by atoms with E-state index >= 15 is 0 Å². The second kappa shape index (κ2) is 6.71. The molecule has 116 valence electrons. The third-order valence-corrected chi connectivity index (χ3v) is 3.89. The fourth-order valence-electron chi connectivity index (χ4n) is 2.38. The van der Waals surface area contributed by atoms with Crippen molar-refractivity contribution in [1.29, 1.82) is 0 Å². The van der Waals surface area contributed by atoms with Crippen molar-refractivity contribution < 1.29 is 4.79 Å². The van der Waals surface area contributed by atoms with Gasteiger partial charge in [-0.3, -0.25) is 4.79 Å². The molecule has 3 aromatic rings. The normalized spacial score (nSPS) is 11.9. The first-order valence-corrected chi connectivity index (χ1v) is 7.81.